The minimum absolute atomic E-state index is 0.793. The van der Waals surface area contributed by atoms with Gasteiger partial charge in [0.15, 0.2) is 5.82 Å². The fraction of sp³-hybridized carbons (Fsp3) is 0.455. The fourth-order valence-electron chi connectivity index (χ4n) is 1.00. The third-order valence-electron chi connectivity index (χ3n) is 1.80. The summed E-state index contributed by atoms with van der Waals surface area (Å²) in [5.74, 6) is 0.793. The molecule has 0 unspecified atom stereocenters. The van der Waals surface area contributed by atoms with E-state index in [1.165, 1.54) is 0 Å². The molecule has 1 aromatic heterocycles. The van der Waals surface area contributed by atoms with Crippen molar-refractivity contribution in [3.63, 3.8) is 0 Å². The highest BCUT2D eigenvalue weighted by molar-refractivity contribution is 5.47. The van der Waals surface area contributed by atoms with Crippen LogP contribution < -0.4 is 5.32 Å². The van der Waals surface area contributed by atoms with Crippen LogP contribution in [0.25, 0.3) is 12.3 Å². The van der Waals surface area contributed by atoms with Crippen LogP contribution in [0.5, 0.6) is 0 Å². The predicted octanol–water partition coefficient (Wildman–Crippen LogP) is 2.38. The van der Waals surface area contributed by atoms with E-state index in [1.54, 1.807) is 17.1 Å². The van der Waals surface area contributed by atoms with Gasteiger partial charge in [0.1, 0.15) is 6.33 Å². The number of allylic oxidation sites excluding steroid dienone is 1. The molecular weight excluding hydrogens is 188 g/mol. The zero-order valence-corrected chi connectivity index (χ0v) is 9.99. The lowest BCUT2D eigenvalue weighted by molar-refractivity contribution is 0.906. The first-order valence-corrected chi connectivity index (χ1v) is 5.22. The van der Waals surface area contributed by atoms with Crippen LogP contribution in [0.3, 0.4) is 0 Å². The van der Waals surface area contributed by atoms with E-state index in [0.717, 1.165) is 17.9 Å². The molecule has 4 nitrogen and oxygen atoms in total. The second kappa shape index (κ2) is 7.79. The van der Waals surface area contributed by atoms with E-state index in [2.05, 4.69) is 29.0 Å². The predicted molar refractivity (Wildman–Crippen MR) is 65.1 cm³/mol. The van der Waals surface area contributed by atoms with E-state index in [-0.39, 0.29) is 0 Å². The number of hydrogen-bond acceptors (Lipinski definition) is 3. The summed E-state index contributed by atoms with van der Waals surface area (Å²) >= 11 is 0. The molecule has 0 aliphatic rings. The van der Waals surface area contributed by atoms with Gasteiger partial charge in [0.05, 0.1) is 0 Å². The smallest absolute Gasteiger partial charge is 0.162 e. The average molecular weight is 208 g/mol. The maximum absolute atomic E-state index is 3.95. The summed E-state index contributed by atoms with van der Waals surface area (Å²) in [6, 6.07) is 0. The summed E-state index contributed by atoms with van der Waals surface area (Å²) in [6.07, 6.45) is 6.20. The van der Waals surface area contributed by atoms with Crippen molar-refractivity contribution in [1.29, 1.82) is 0 Å². The van der Waals surface area contributed by atoms with Crippen molar-refractivity contribution in [3.8, 4) is 0 Å². The molecule has 1 rings (SSSR count). The number of aromatic nitrogens is 3. The number of nitrogens with zero attached hydrogens (tertiary/aromatic N) is 3. The Hall–Kier alpha value is -1.58. The van der Waals surface area contributed by atoms with E-state index >= 15 is 0 Å². The highest BCUT2D eigenvalue weighted by Crippen LogP contribution is 2.04. The Morgan fingerprint density at radius 3 is 2.73 bits per heavy atom. The van der Waals surface area contributed by atoms with Gasteiger partial charge >= 0.3 is 0 Å². The summed E-state index contributed by atoms with van der Waals surface area (Å²) in [4.78, 5) is 0. The lowest BCUT2D eigenvalue weighted by atomic mass is 10.3. The van der Waals surface area contributed by atoms with Crippen LogP contribution in [0.2, 0.25) is 0 Å². The first-order chi connectivity index (χ1) is 7.31. The highest BCUT2D eigenvalue weighted by Gasteiger charge is 1.98. The van der Waals surface area contributed by atoms with Gasteiger partial charge in [-0.05, 0) is 6.42 Å². The van der Waals surface area contributed by atoms with Crippen molar-refractivity contribution in [2.45, 2.75) is 27.2 Å². The van der Waals surface area contributed by atoms with Crippen molar-refractivity contribution < 1.29 is 0 Å². The van der Waals surface area contributed by atoms with E-state index in [4.69, 9.17) is 0 Å². The van der Waals surface area contributed by atoms with Gasteiger partial charge in [0.25, 0.3) is 0 Å². The molecule has 1 N–H and O–H groups in total. The summed E-state index contributed by atoms with van der Waals surface area (Å²) in [5, 5.41) is 10.8. The quantitative estimate of drug-likeness (QED) is 0.826. The number of hydrogen-bond donors (Lipinski definition) is 1. The maximum Gasteiger partial charge on any atom is 0.162 e. The summed E-state index contributed by atoms with van der Waals surface area (Å²) in [6.45, 7) is 9.74. The van der Waals surface area contributed by atoms with Gasteiger partial charge in [0, 0.05) is 25.0 Å². The molecule has 15 heavy (non-hydrogen) atoms. The summed E-state index contributed by atoms with van der Waals surface area (Å²) < 4.78 is 1.77. The van der Waals surface area contributed by atoms with Gasteiger partial charge in [-0.3, -0.25) is 4.57 Å². The van der Waals surface area contributed by atoms with Crippen LogP contribution in [0, 0.1) is 0 Å². The molecule has 0 radical (unpaired) electrons. The zero-order chi connectivity index (χ0) is 11.7. The van der Waals surface area contributed by atoms with Gasteiger partial charge < -0.3 is 5.32 Å². The molecule has 4 heteroatoms. The SMILES string of the molecule is C=Cn1cnnc1/C=C(\CC)NC.CC. The molecule has 0 aromatic carbocycles. The monoisotopic (exact) mass is 208 g/mol. The van der Waals surface area contributed by atoms with Gasteiger partial charge in [-0.1, -0.05) is 27.4 Å². The van der Waals surface area contributed by atoms with Crippen LogP contribution >= 0.6 is 0 Å². The lowest BCUT2D eigenvalue weighted by Crippen LogP contribution is -2.04. The third-order valence-corrected chi connectivity index (χ3v) is 1.80. The Morgan fingerprint density at radius 1 is 1.60 bits per heavy atom. The van der Waals surface area contributed by atoms with Crippen molar-refractivity contribution in [1.82, 2.24) is 20.1 Å². The van der Waals surface area contributed by atoms with E-state index in [0.29, 0.717) is 0 Å². The molecule has 0 saturated carbocycles. The molecule has 0 saturated heterocycles. The minimum atomic E-state index is 0.793. The van der Waals surface area contributed by atoms with Gasteiger partial charge in [0.2, 0.25) is 0 Å². The third kappa shape index (κ3) is 3.97. The standard InChI is InChI=1S/C9H14N4.C2H6/c1-4-8(10-3)6-9-12-11-7-13(9)5-2;1-2/h5-7,10H,2,4H2,1,3H3;1-2H3/b8-6+;. The molecule has 0 amide bonds. The van der Waals surface area contributed by atoms with Gasteiger partial charge in [-0.15, -0.1) is 10.2 Å². The Bertz CT molecular complexity index is 306. The van der Waals surface area contributed by atoms with Crippen LogP contribution in [0.4, 0.5) is 0 Å². The highest BCUT2D eigenvalue weighted by atomic mass is 15.2. The molecule has 0 aliphatic carbocycles. The topological polar surface area (TPSA) is 42.7 Å². The maximum atomic E-state index is 3.95. The molecule has 0 atom stereocenters. The van der Waals surface area contributed by atoms with Crippen molar-refractivity contribution >= 4 is 12.3 Å². The number of nitrogens with one attached hydrogen (secondary N) is 1. The van der Waals surface area contributed by atoms with Gasteiger partial charge in [-0.2, -0.15) is 0 Å². The van der Waals surface area contributed by atoms with Crippen LogP contribution in [0.1, 0.15) is 33.0 Å². The second-order valence-corrected chi connectivity index (χ2v) is 2.55. The number of rotatable bonds is 4. The van der Waals surface area contributed by atoms with Crippen molar-refractivity contribution in [2.24, 2.45) is 0 Å². The van der Waals surface area contributed by atoms with E-state index in [9.17, 15) is 0 Å². The normalized spacial score (nSPS) is 10.3. The zero-order valence-electron chi connectivity index (χ0n) is 9.99. The van der Waals surface area contributed by atoms with Crippen LogP contribution in [-0.2, 0) is 0 Å². The first kappa shape index (κ1) is 13.4. The molecule has 1 heterocycles. The molecule has 0 aliphatic heterocycles. The van der Waals surface area contributed by atoms with Crippen LogP contribution in [0.15, 0.2) is 18.6 Å². The molecule has 0 fully saturated rings. The second-order valence-electron chi connectivity index (χ2n) is 2.55. The lowest BCUT2D eigenvalue weighted by Gasteiger charge is -2.02. The fourth-order valence-corrected chi connectivity index (χ4v) is 1.00. The Balaban J connectivity index is 0.000000921. The molecule has 0 bridgehead atoms. The Morgan fingerprint density at radius 2 is 2.27 bits per heavy atom. The Labute approximate surface area is 91.7 Å². The van der Waals surface area contributed by atoms with Crippen LogP contribution in [-0.4, -0.2) is 21.8 Å². The largest absolute Gasteiger partial charge is 0.391 e. The molecule has 84 valence electrons. The molecule has 1 aromatic rings. The minimum Gasteiger partial charge on any atom is -0.391 e. The van der Waals surface area contributed by atoms with Crippen molar-refractivity contribution in [3.05, 3.63) is 24.4 Å². The van der Waals surface area contributed by atoms with Gasteiger partial charge in [-0.25, -0.2) is 0 Å². The Kier molecular flexibility index (Phi) is 6.97. The van der Waals surface area contributed by atoms with Crippen molar-refractivity contribution in [2.75, 3.05) is 7.05 Å². The summed E-state index contributed by atoms with van der Waals surface area (Å²) in [5.41, 5.74) is 1.12. The van der Waals surface area contributed by atoms with E-state index < -0.39 is 0 Å². The average Bonchev–Trinajstić information content (AvgIpc) is 2.75. The summed E-state index contributed by atoms with van der Waals surface area (Å²) in [7, 11) is 1.89. The molecular formula is C11H20N4. The molecule has 0 spiro atoms. The first-order valence-electron chi connectivity index (χ1n) is 5.22. The van der Waals surface area contributed by atoms with E-state index in [1.807, 2.05) is 27.0 Å².